The van der Waals surface area contributed by atoms with Gasteiger partial charge < -0.3 is 9.80 Å². The number of hydrogen-bond acceptors (Lipinski definition) is 2. The molecule has 0 aliphatic heterocycles. The molecule has 3 nitrogen and oxygen atoms in total. The predicted molar refractivity (Wildman–Crippen MR) is 460 cm³/mol. The van der Waals surface area contributed by atoms with Gasteiger partial charge in [-0.2, -0.15) is 0 Å². The predicted octanol–water partition coefficient (Wildman–Crippen LogP) is 29.3. The topological polar surface area (TPSA) is 10.8 Å². The lowest BCUT2D eigenvalue weighted by Gasteiger charge is -2.61. The molecule has 0 unspecified atom stereocenters. The van der Waals surface area contributed by atoms with Gasteiger partial charge in [-0.3, -0.25) is 0 Å². The van der Waals surface area contributed by atoms with Gasteiger partial charge in [0, 0.05) is 44.7 Å². The first-order chi connectivity index (χ1) is 54.6. The van der Waals surface area contributed by atoms with Crippen LogP contribution in [0.25, 0.3) is 82.7 Å². The largest absolute Gasteiger partial charge is 0.312 e. The van der Waals surface area contributed by atoms with E-state index in [4.69, 9.17) is 6.57 Å². The van der Waals surface area contributed by atoms with E-state index in [1.165, 1.54) is 197 Å². The number of rotatable bonds is 11. The van der Waals surface area contributed by atoms with Crippen molar-refractivity contribution in [1.29, 1.82) is 0 Å². The lowest BCUT2D eigenvalue weighted by Crippen LogP contribution is -2.55. The molecular weight excluding hydrogens is 1340 g/mol. The fraction of sp³-hybridized carbons (Fsp3) is 0.269. The summed E-state index contributed by atoms with van der Waals surface area (Å²) in [6, 6.07) is 114. The molecule has 0 atom stereocenters. The second-order valence-electron chi connectivity index (χ2n) is 35.6. The van der Waals surface area contributed by atoms with Crippen LogP contribution in [0.15, 0.2) is 303 Å². The van der Waals surface area contributed by atoms with Crippen LogP contribution >= 0.6 is 0 Å². The second-order valence-corrected chi connectivity index (χ2v) is 35.6. The van der Waals surface area contributed by atoms with Gasteiger partial charge in [-0.25, -0.2) is 4.85 Å². The number of anilines is 6. The molecule has 0 amide bonds. The lowest BCUT2D eigenvalue weighted by atomic mass is 9.43. The van der Waals surface area contributed by atoms with E-state index >= 15 is 0 Å². The Labute approximate surface area is 656 Å². The summed E-state index contributed by atoms with van der Waals surface area (Å²) in [5.74, 6) is 7.30. The fourth-order valence-electron chi connectivity index (χ4n) is 25.5. The van der Waals surface area contributed by atoms with Gasteiger partial charge in [0.2, 0.25) is 0 Å². The maximum absolute atomic E-state index is 8.57. The molecule has 9 fully saturated rings. The quantitative estimate of drug-likeness (QED) is 0.120. The lowest BCUT2D eigenvalue weighted by molar-refractivity contribution is -0.0399. The number of hydrogen-bond donors (Lipinski definition) is 0. The van der Waals surface area contributed by atoms with Gasteiger partial charge in [0.15, 0.2) is 5.69 Å². The highest BCUT2D eigenvalue weighted by Crippen LogP contribution is 2.73. The maximum atomic E-state index is 8.57. The standard InChI is InChI=1S/C56H46N2.C52H49N/c1-55(2)50-15-9-7-13-46(50)48-25-23-43(33-53(48)55)58(42-20-17-38(18-21-42)37-11-5-4-6-12-37)44-22-24-45(54(34-44)57-3)39-19-26-52-49(32-39)47-14-8-10-16-51(47)56(52)40-28-35-27-36(30-40)31-41(56)29-35;1-3-10-37(11-4-1)39-18-20-40(21-19-39)42-24-28-46(29-25-42)53(45-26-22-41(23-27-45)38-12-5-2-6-13-38)50-17-9-15-48-47-14-7-8-16-49(47)52(51(48)50)43-31-35-30-36(33-43)34-44(52)32-35/h4-26,32-36,40-41H,27-31H2,1-2H3;2,5-9,12-29,35-37,43-44H,1,3-4,10-11,30-34H2. The van der Waals surface area contributed by atoms with Crippen molar-refractivity contribution >= 4 is 39.8 Å². The molecule has 9 saturated carbocycles. The van der Waals surface area contributed by atoms with Crippen LogP contribution in [0.3, 0.4) is 0 Å². The zero-order chi connectivity index (χ0) is 73.7. The van der Waals surface area contributed by atoms with E-state index in [0.717, 1.165) is 69.6 Å². The molecule has 2 spiro atoms. The smallest absolute Gasteiger partial charge is 0.196 e. The molecule has 542 valence electrons. The van der Waals surface area contributed by atoms with Gasteiger partial charge in [-0.1, -0.05) is 264 Å². The Bertz CT molecular complexity index is 5750. The van der Waals surface area contributed by atoms with Gasteiger partial charge in [-0.15, -0.1) is 0 Å². The number of fused-ring (bicyclic) bond motifs is 9. The Hall–Kier alpha value is -11.1. The Kier molecular flexibility index (Phi) is 15.9. The summed E-state index contributed by atoms with van der Waals surface area (Å²) in [5, 5.41) is 0. The summed E-state index contributed by atoms with van der Waals surface area (Å²) < 4.78 is 0. The number of nitrogens with zero attached hydrogens (tertiary/aromatic N) is 3. The number of benzene rings is 13. The van der Waals surface area contributed by atoms with Crippen molar-refractivity contribution in [3.05, 3.63) is 354 Å². The van der Waals surface area contributed by atoms with E-state index in [2.05, 4.69) is 332 Å². The van der Waals surface area contributed by atoms with E-state index in [1.807, 2.05) is 0 Å². The Balaban J connectivity index is 0.000000137. The van der Waals surface area contributed by atoms with Crippen LogP contribution in [0.1, 0.15) is 155 Å². The van der Waals surface area contributed by atoms with Crippen molar-refractivity contribution in [2.24, 2.45) is 47.3 Å². The molecule has 13 aromatic carbocycles. The van der Waals surface area contributed by atoms with Crippen LogP contribution < -0.4 is 9.80 Å². The molecule has 25 rings (SSSR count). The van der Waals surface area contributed by atoms with E-state index < -0.39 is 0 Å². The van der Waals surface area contributed by atoms with Crippen molar-refractivity contribution in [3.63, 3.8) is 0 Å². The van der Waals surface area contributed by atoms with E-state index in [0.29, 0.717) is 17.5 Å². The first kappa shape index (κ1) is 66.9. The van der Waals surface area contributed by atoms with Crippen LogP contribution in [0.4, 0.5) is 39.8 Å². The molecule has 13 aromatic rings. The molecule has 0 aromatic heterocycles. The highest BCUT2D eigenvalue weighted by Gasteiger charge is 2.64. The third-order valence-electron chi connectivity index (χ3n) is 29.7. The summed E-state index contributed by atoms with van der Waals surface area (Å²) in [4.78, 5) is 9.18. The van der Waals surface area contributed by atoms with Gasteiger partial charge >= 0.3 is 0 Å². The molecule has 0 heterocycles. The third-order valence-corrected chi connectivity index (χ3v) is 29.7. The average molecular weight is 1430 g/mol. The first-order valence-electron chi connectivity index (χ1n) is 42.0. The van der Waals surface area contributed by atoms with Gasteiger partial charge in [0.1, 0.15) is 0 Å². The van der Waals surface area contributed by atoms with Gasteiger partial charge in [0.25, 0.3) is 0 Å². The maximum Gasteiger partial charge on any atom is 0.196 e. The SMILES string of the molecule is [C-]#[N+]c1cc(N(c2ccc(-c3ccccc3)cc2)c2ccc3c(c2)C(C)(C)c2ccccc2-3)ccc1-c1ccc2c(c1)-c1ccccc1C21C2CC3CC(C2)CC1C3.c1ccc(-c2ccc(N(c3ccc(-c4ccc(C5CCCCC5)cc4)cc3)c3cccc4c3C3(c5ccccc5-4)C4CC5CC(C4)CC3C5)cc2)cc1. The summed E-state index contributed by atoms with van der Waals surface area (Å²) in [5.41, 5.74) is 36.2. The molecule has 8 bridgehead atoms. The third kappa shape index (κ3) is 10.5. The van der Waals surface area contributed by atoms with Gasteiger partial charge in [0.05, 0.1) is 12.3 Å². The Morgan fingerprint density at radius 1 is 0.288 bits per heavy atom. The van der Waals surface area contributed by atoms with Crippen LogP contribution in [0.5, 0.6) is 0 Å². The fourth-order valence-corrected chi connectivity index (χ4v) is 25.5. The molecular formula is C108H95N3. The average Bonchev–Trinajstić information content (AvgIpc) is 1.53. The Morgan fingerprint density at radius 3 is 1.23 bits per heavy atom. The highest BCUT2D eigenvalue weighted by atomic mass is 15.2. The van der Waals surface area contributed by atoms with Crippen LogP contribution in [-0.2, 0) is 16.2 Å². The van der Waals surface area contributed by atoms with Crippen LogP contribution in [0.2, 0.25) is 0 Å². The first-order valence-corrected chi connectivity index (χ1v) is 42.0. The summed E-state index contributed by atoms with van der Waals surface area (Å²) >= 11 is 0. The highest BCUT2D eigenvalue weighted by molar-refractivity contribution is 5.95. The van der Waals surface area contributed by atoms with E-state index in [-0.39, 0.29) is 16.2 Å². The van der Waals surface area contributed by atoms with E-state index in [9.17, 15) is 0 Å². The van der Waals surface area contributed by atoms with Crippen molar-refractivity contribution < 1.29 is 0 Å². The zero-order valence-electron chi connectivity index (χ0n) is 64.0. The molecule has 0 N–H and O–H groups in total. The van der Waals surface area contributed by atoms with Crippen molar-refractivity contribution in [2.75, 3.05) is 9.80 Å². The molecule has 0 saturated heterocycles. The van der Waals surface area contributed by atoms with Crippen molar-refractivity contribution in [1.82, 2.24) is 0 Å². The molecule has 0 radical (unpaired) electrons. The summed E-state index contributed by atoms with van der Waals surface area (Å²) in [6.07, 6.45) is 20.8. The van der Waals surface area contributed by atoms with Crippen LogP contribution in [0, 0.1) is 53.9 Å². The second kappa shape index (κ2) is 26.3. The minimum absolute atomic E-state index is 0.0815. The summed E-state index contributed by atoms with van der Waals surface area (Å²) in [6.45, 7) is 13.3. The molecule has 3 heteroatoms. The Morgan fingerprint density at radius 2 is 0.685 bits per heavy atom. The van der Waals surface area contributed by atoms with Crippen LogP contribution in [-0.4, -0.2) is 0 Å². The van der Waals surface area contributed by atoms with Gasteiger partial charge in [-0.05, 0) is 320 Å². The molecule has 12 aliphatic carbocycles. The summed E-state index contributed by atoms with van der Waals surface area (Å²) in [7, 11) is 0. The van der Waals surface area contributed by atoms with Crippen molar-refractivity contribution in [2.45, 2.75) is 132 Å². The molecule has 12 aliphatic rings. The van der Waals surface area contributed by atoms with Crippen molar-refractivity contribution in [3.8, 4) is 77.9 Å². The monoisotopic (exact) mass is 1430 g/mol. The molecule has 111 heavy (non-hydrogen) atoms. The normalized spacial score (nSPS) is 24.4. The van der Waals surface area contributed by atoms with E-state index in [1.54, 1.807) is 22.3 Å². The minimum Gasteiger partial charge on any atom is -0.312 e. The zero-order valence-corrected chi connectivity index (χ0v) is 64.0. The minimum atomic E-state index is -0.127.